The first-order valence-corrected chi connectivity index (χ1v) is 0.644. The van der Waals surface area contributed by atoms with Crippen molar-refractivity contribution in [3.05, 3.63) is 0 Å². The standard InChI is InChI=1S/CH5NO.HI/c1-3-2;/h2H2,1H3;1H. The molecule has 3 heteroatoms. The van der Waals surface area contributed by atoms with Gasteiger partial charge in [-0.25, -0.2) is 5.90 Å². The van der Waals surface area contributed by atoms with Crippen molar-refractivity contribution in [1.29, 1.82) is 0 Å². The lowest BCUT2D eigenvalue weighted by Crippen LogP contribution is -1.86. The summed E-state index contributed by atoms with van der Waals surface area (Å²) in [7, 11) is 1.40. The Hall–Kier alpha value is 0.650. The van der Waals surface area contributed by atoms with Gasteiger partial charge in [-0.05, 0) is 0 Å². The van der Waals surface area contributed by atoms with Crippen LogP contribution in [0.2, 0.25) is 0 Å². The predicted octanol–water partition coefficient (Wildman–Crippen LogP) is 0.125. The quantitative estimate of drug-likeness (QED) is 0.419. The third kappa shape index (κ3) is 17.1. The van der Waals surface area contributed by atoms with Crippen LogP contribution < -0.4 is 5.90 Å². The molecule has 4 heavy (non-hydrogen) atoms. The zero-order valence-corrected chi connectivity index (χ0v) is 4.72. The highest BCUT2D eigenvalue weighted by Crippen LogP contribution is 1.14. The molecular formula is CH6INO. The van der Waals surface area contributed by atoms with Gasteiger partial charge in [-0.15, -0.1) is 24.0 Å². The first-order chi connectivity index (χ1) is 1.41. The van der Waals surface area contributed by atoms with Gasteiger partial charge in [-0.2, -0.15) is 0 Å². The highest BCUT2D eigenvalue weighted by molar-refractivity contribution is 14.0. The van der Waals surface area contributed by atoms with Crippen LogP contribution in [0.15, 0.2) is 0 Å². The molecule has 28 valence electrons. The van der Waals surface area contributed by atoms with Crippen LogP contribution in [-0.2, 0) is 4.84 Å². The Morgan fingerprint density at radius 2 is 1.75 bits per heavy atom. The van der Waals surface area contributed by atoms with Crippen molar-refractivity contribution in [3.63, 3.8) is 0 Å². The molecule has 0 aromatic carbocycles. The summed E-state index contributed by atoms with van der Waals surface area (Å²) in [6.07, 6.45) is 0. The normalized spacial score (nSPS) is 4.50. The monoisotopic (exact) mass is 175 g/mol. The SMILES string of the molecule is CON.I. The van der Waals surface area contributed by atoms with Gasteiger partial charge in [-0.3, -0.25) is 0 Å². The molecule has 0 unspecified atom stereocenters. The van der Waals surface area contributed by atoms with Crippen molar-refractivity contribution in [1.82, 2.24) is 0 Å². The minimum Gasteiger partial charge on any atom is -0.308 e. The molecule has 0 radical (unpaired) electrons. The highest BCUT2D eigenvalue weighted by Gasteiger charge is 1.23. The number of nitrogens with two attached hydrogens (primary N) is 1. The molecule has 0 aliphatic heterocycles. The van der Waals surface area contributed by atoms with E-state index in [1.807, 2.05) is 0 Å². The van der Waals surface area contributed by atoms with E-state index in [2.05, 4.69) is 10.7 Å². The summed E-state index contributed by atoms with van der Waals surface area (Å²) in [5.41, 5.74) is 0. The van der Waals surface area contributed by atoms with Gasteiger partial charge in [0.15, 0.2) is 0 Å². The number of halogens is 1. The summed E-state index contributed by atoms with van der Waals surface area (Å²) >= 11 is 0. The Balaban J connectivity index is 0. The van der Waals surface area contributed by atoms with Crippen LogP contribution >= 0.6 is 24.0 Å². The molecule has 0 atom stereocenters. The van der Waals surface area contributed by atoms with E-state index in [4.69, 9.17) is 0 Å². The Morgan fingerprint density at radius 3 is 1.75 bits per heavy atom. The van der Waals surface area contributed by atoms with Gasteiger partial charge in [0.05, 0.1) is 7.11 Å². The third-order valence-corrected chi connectivity index (χ3v) is 0. The van der Waals surface area contributed by atoms with E-state index in [0.717, 1.165) is 0 Å². The number of rotatable bonds is 0. The zero-order chi connectivity index (χ0) is 2.71. The fraction of sp³-hybridized carbons (Fsp3) is 1.00. The number of hydrogen-bond acceptors (Lipinski definition) is 2. The van der Waals surface area contributed by atoms with Gasteiger partial charge in [0.1, 0.15) is 0 Å². The van der Waals surface area contributed by atoms with Crippen LogP contribution in [0.5, 0.6) is 0 Å². The van der Waals surface area contributed by atoms with Crippen LogP contribution in [0.25, 0.3) is 0 Å². The van der Waals surface area contributed by atoms with Gasteiger partial charge in [0.25, 0.3) is 0 Å². The molecule has 0 aliphatic rings. The zero-order valence-electron chi connectivity index (χ0n) is 2.39. The smallest absolute Gasteiger partial charge is 0.0569 e. The molecule has 0 spiro atoms. The average molecular weight is 175 g/mol. The van der Waals surface area contributed by atoms with Crippen molar-refractivity contribution in [2.45, 2.75) is 0 Å². The van der Waals surface area contributed by atoms with Crippen LogP contribution in [0.4, 0.5) is 0 Å². The maximum atomic E-state index is 4.35. The molecule has 0 bridgehead atoms. The minimum atomic E-state index is 0. The van der Waals surface area contributed by atoms with Gasteiger partial charge in [0.2, 0.25) is 0 Å². The first-order valence-electron chi connectivity index (χ1n) is 0.644. The number of hydrogen-bond donors (Lipinski definition) is 1. The van der Waals surface area contributed by atoms with E-state index < -0.39 is 0 Å². The fourth-order valence-electron chi connectivity index (χ4n) is 0. The Kier molecular flexibility index (Phi) is 20.8. The van der Waals surface area contributed by atoms with Gasteiger partial charge >= 0.3 is 0 Å². The lowest BCUT2D eigenvalue weighted by Gasteiger charge is -1.62. The summed E-state index contributed by atoms with van der Waals surface area (Å²) in [6, 6.07) is 0. The van der Waals surface area contributed by atoms with E-state index >= 15 is 0 Å². The minimum absolute atomic E-state index is 0. The maximum absolute atomic E-state index is 4.35. The summed E-state index contributed by atoms with van der Waals surface area (Å²) in [5, 5.41) is 0. The van der Waals surface area contributed by atoms with Crippen LogP contribution in [-0.4, -0.2) is 7.11 Å². The molecule has 0 aromatic heterocycles. The lowest BCUT2D eigenvalue weighted by molar-refractivity contribution is 0.206. The molecule has 0 aromatic rings. The second-order valence-electron chi connectivity index (χ2n) is 0.236. The topological polar surface area (TPSA) is 35.2 Å². The van der Waals surface area contributed by atoms with Crippen molar-refractivity contribution < 1.29 is 4.84 Å². The Bertz CT molecular complexity index is 8.00. The van der Waals surface area contributed by atoms with Crippen LogP contribution in [0.1, 0.15) is 0 Å². The van der Waals surface area contributed by atoms with Crippen molar-refractivity contribution in [3.8, 4) is 0 Å². The van der Waals surface area contributed by atoms with Crippen LogP contribution in [0, 0.1) is 0 Å². The molecule has 0 fully saturated rings. The predicted molar refractivity (Wildman–Crippen MR) is 26.6 cm³/mol. The molecule has 0 saturated heterocycles. The van der Waals surface area contributed by atoms with E-state index in [1.54, 1.807) is 0 Å². The lowest BCUT2D eigenvalue weighted by atomic mass is 11.7. The van der Waals surface area contributed by atoms with E-state index in [9.17, 15) is 0 Å². The fourth-order valence-corrected chi connectivity index (χ4v) is 0. The molecule has 2 nitrogen and oxygen atoms in total. The third-order valence-electron chi connectivity index (χ3n) is 0. The van der Waals surface area contributed by atoms with Crippen LogP contribution in [0.3, 0.4) is 0 Å². The van der Waals surface area contributed by atoms with Gasteiger partial charge in [-0.1, -0.05) is 0 Å². The van der Waals surface area contributed by atoms with E-state index in [0.29, 0.717) is 0 Å². The maximum Gasteiger partial charge on any atom is 0.0569 e. The van der Waals surface area contributed by atoms with Gasteiger partial charge < -0.3 is 4.84 Å². The molecule has 0 amide bonds. The summed E-state index contributed by atoms with van der Waals surface area (Å²) in [6.45, 7) is 0. The average Bonchev–Trinajstić information content (AvgIpc) is 0.918. The van der Waals surface area contributed by atoms with Crippen molar-refractivity contribution in [2.75, 3.05) is 7.11 Å². The van der Waals surface area contributed by atoms with Crippen molar-refractivity contribution in [2.24, 2.45) is 5.90 Å². The molecule has 0 aliphatic carbocycles. The largest absolute Gasteiger partial charge is 0.308 e. The first kappa shape index (κ1) is 8.82. The van der Waals surface area contributed by atoms with Crippen molar-refractivity contribution >= 4 is 24.0 Å². The molecule has 0 saturated carbocycles. The molecule has 0 heterocycles. The second kappa shape index (κ2) is 9.41. The summed E-state index contributed by atoms with van der Waals surface area (Å²) in [5.74, 6) is 4.35. The molecule has 0 rings (SSSR count). The molecular weight excluding hydrogens is 169 g/mol. The van der Waals surface area contributed by atoms with E-state index in [1.165, 1.54) is 7.11 Å². The van der Waals surface area contributed by atoms with E-state index in [-0.39, 0.29) is 24.0 Å². The summed E-state index contributed by atoms with van der Waals surface area (Å²) in [4.78, 5) is 3.75. The van der Waals surface area contributed by atoms with Gasteiger partial charge in [0, 0.05) is 0 Å². The molecule has 2 N–H and O–H groups in total. The second-order valence-corrected chi connectivity index (χ2v) is 0.236. The Labute approximate surface area is 42.3 Å². The Morgan fingerprint density at radius 1 is 1.75 bits per heavy atom. The highest BCUT2D eigenvalue weighted by atomic mass is 127. The summed E-state index contributed by atoms with van der Waals surface area (Å²) < 4.78 is 0.